The number of carbonyl (C=O) groups is 2. The number of aryl methyl sites for hydroxylation is 1. The molecule has 1 aliphatic rings. The summed E-state index contributed by atoms with van der Waals surface area (Å²) in [6.07, 6.45) is 0.948. The van der Waals surface area contributed by atoms with Crippen LogP contribution in [0.4, 0.5) is 5.13 Å². The second-order valence-corrected chi connectivity index (χ2v) is 7.49. The Kier molecular flexibility index (Phi) is 6.41. The van der Waals surface area contributed by atoms with Gasteiger partial charge < -0.3 is 16.0 Å². The van der Waals surface area contributed by atoms with Gasteiger partial charge in [0, 0.05) is 45.0 Å². The fourth-order valence-electron chi connectivity index (χ4n) is 3.30. The fraction of sp³-hybridized carbons (Fsp3) is 0.421. The van der Waals surface area contributed by atoms with E-state index in [9.17, 15) is 9.59 Å². The summed E-state index contributed by atoms with van der Waals surface area (Å²) in [5, 5.41) is 5.13. The number of amides is 2. The molecule has 27 heavy (non-hydrogen) atoms. The van der Waals surface area contributed by atoms with E-state index in [2.05, 4.69) is 27.3 Å². The number of nitrogens with two attached hydrogens (primary N) is 1. The summed E-state index contributed by atoms with van der Waals surface area (Å²) in [7, 11) is 1.64. The molecule has 3 rings (SSSR count). The molecule has 1 atom stereocenters. The quantitative estimate of drug-likeness (QED) is 0.775. The van der Waals surface area contributed by atoms with Crippen LogP contribution < -0.4 is 11.1 Å². The van der Waals surface area contributed by atoms with Gasteiger partial charge in [0.1, 0.15) is 6.04 Å². The average molecular weight is 388 g/mol. The second kappa shape index (κ2) is 8.96. The first-order valence-corrected chi connectivity index (χ1v) is 9.92. The van der Waals surface area contributed by atoms with Gasteiger partial charge in [-0.2, -0.15) is 0 Å². The molecule has 3 N–H and O–H groups in total. The molecule has 144 valence electrons. The number of benzene rings is 1. The molecule has 1 aromatic carbocycles. The molecule has 0 saturated carbocycles. The van der Waals surface area contributed by atoms with Crippen molar-refractivity contribution < 1.29 is 9.59 Å². The normalized spacial score (nSPS) is 17.7. The minimum Gasteiger partial charge on any atom is -0.375 e. The molecule has 2 aromatic rings. The van der Waals surface area contributed by atoms with Gasteiger partial charge in [0.15, 0.2) is 5.13 Å². The van der Waals surface area contributed by atoms with E-state index in [1.54, 1.807) is 11.9 Å². The minimum absolute atomic E-state index is 0.0508. The number of anilines is 1. The van der Waals surface area contributed by atoms with Gasteiger partial charge in [-0.15, -0.1) is 11.3 Å². The number of aromatic nitrogens is 1. The molecule has 2 amide bonds. The average Bonchev–Trinajstić information content (AvgIpc) is 3.12. The zero-order chi connectivity index (χ0) is 19.2. The van der Waals surface area contributed by atoms with Gasteiger partial charge in [-0.1, -0.05) is 30.3 Å². The molecule has 7 nitrogen and oxygen atoms in total. The number of nitrogen functional groups attached to an aromatic ring is 1. The summed E-state index contributed by atoms with van der Waals surface area (Å²) in [5.41, 5.74) is 7.64. The van der Waals surface area contributed by atoms with Crippen LogP contribution in [0.3, 0.4) is 0 Å². The first kappa shape index (κ1) is 19.3. The zero-order valence-electron chi connectivity index (χ0n) is 15.4. The lowest BCUT2D eigenvalue weighted by molar-refractivity contribution is -0.138. The molecule has 0 aliphatic carbocycles. The second-order valence-electron chi connectivity index (χ2n) is 6.60. The predicted octanol–water partition coefficient (Wildman–Crippen LogP) is 1.12. The Morgan fingerprint density at radius 3 is 2.74 bits per heavy atom. The molecule has 0 bridgehead atoms. The summed E-state index contributed by atoms with van der Waals surface area (Å²) in [4.78, 5) is 33.1. The maximum Gasteiger partial charge on any atom is 0.238 e. The SMILES string of the molecule is CNC(=O)C1CN(C(=O)CCc2csc(N)n2)CCN1Cc1ccccc1. The topological polar surface area (TPSA) is 91.6 Å². The third kappa shape index (κ3) is 5.05. The third-order valence-corrected chi connectivity index (χ3v) is 5.51. The van der Waals surface area contributed by atoms with Crippen LogP contribution >= 0.6 is 11.3 Å². The molecule has 1 fully saturated rings. The Bertz CT molecular complexity index is 779. The van der Waals surface area contributed by atoms with E-state index in [1.807, 2.05) is 23.6 Å². The van der Waals surface area contributed by atoms with E-state index in [4.69, 9.17) is 5.73 Å². The predicted molar refractivity (Wildman–Crippen MR) is 106 cm³/mol. The lowest BCUT2D eigenvalue weighted by Crippen LogP contribution is -2.59. The van der Waals surface area contributed by atoms with Crippen molar-refractivity contribution in [3.63, 3.8) is 0 Å². The van der Waals surface area contributed by atoms with Crippen molar-refractivity contribution in [2.45, 2.75) is 25.4 Å². The lowest BCUT2D eigenvalue weighted by atomic mass is 10.1. The van der Waals surface area contributed by atoms with E-state index in [-0.39, 0.29) is 17.9 Å². The number of carbonyl (C=O) groups excluding carboxylic acids is 2. The number of hydrogen-bond acceptors (Lipinski definition) is 6. The molecule has 0 spiro atoms. The number of piperazine rings is 1. The molecule has 1 saturated heterocycles. The molecule has 1 unspecified atom stereocenters. The number of thiazole rings is 1. The van der Waals surface area contributed by atoms with Crippen molar-refractivity contribution in [1.29, 1.82) is 0 Å². The van der Waals surface area contributed by atoms with Crippen LogP contribution in [0.5, 0.6) is 0 Å². The van der Waals surface area contributed by atoms with Crippen LogP contribution in [0.25, 0.3) is 0 Å². The maximum absolute atomic E-state index is 12.6. The van der Waals surface area contributed by atoms with E-state index in [1.165, 1.54) is 11.3 Å². The number of rotatable bonds is 6. The Balaban J connectivity index is 1.61. The number of likely N-dealkylation sites (N-methyl/N-ethyl adjacent to an activating group) is 1. The van der Waals surface area contributed by atoms with Crippen molar-refractivity contribution in [3.8, 4) is 0 Å². The van der Waals surface area contributed by atoms with Crippen LogP contribution in [-0.4, -0.2) is 59.3 Å². The lowest BCUT2D eigenvalue weighted by Gasteiger charge is -2.40. The molecule has 1 aliphatic heterocycles. The van der Waals surface area contributed by atoms with Gasteiger partial charge in [-0.05, 0) is 12.0 Å². The Morgan fingerprint density at radius 2 is 2.07 bits per heavy atom. The summed E-state index contributed by atoms with van der Waals surface area (Å²) in [6.45, 7) is 2.39. The summed E-state index contributed by atoms with van der Waals surface area (Å²) in [5.74, 6) is -0.00876. The number of nitrogens with zero attached hydrogens (tertiary/aromatic N) is 3. The number of nitrogens with one attached hydrogen (secondary N) is 1. The number of hydrogen-bond donors (Lipinski definition) is 2. The highest BCUT2D eigenvalue weighted by atomic mass is 32.1. The highest BCUT2D eigenvalue weighted by Crippen LogP contribution is 2.17. The maximum atomic E-state index is 12.6. The zero-order valence-corrected chi connectivity index (χ0v) is 16.2. The van der Waals surface area contributed by atoms with Crippen molar-refractivity contribution in [2.75, 3.05) is 32.4 Å². The van der Waals surface area contributed by atoms with Gasteiger partial charge in [-0.3, -0.25) is 14.5 Å². The first-order valence-electron chi connectivity index (χ1n) is 9.04. The monoisotopic (exact) mass is 387 g/mol. The standard InChI is InChI=1S/C19H25N5O2S/c1-21-18(26)16-12-24(17(25)8-7-15-13-27-19(20)22-15)10-9-23(16)11-14-5-3-2-4-6-14/h2-6,13,16H,7-12H2,1H3,(H2,20,22)(H,21,26). The van der Waals surface area contributed by atoms with E-state index < -0.39 is 0 Å². The van der Waals surface area contributed by atoms with E-state index >= 15 is 0 Å². The summed E-state index contributed by atoms with van der Waals surface area (Å²) in [6, 6.07) is 9.73. The minimum atomic E-state index is -0.345. The molecular weight excluding hydrogens is 362 g/mol. The van der Waals surface area contributed by atoms with Crippen molar-refractivity contribution in [3.05, 3.63) is 47.0 Å². The summed E-state index contributed by atoms with van der Waals surface area (Å²) >= 11 is 1.38. The highest BCUT2D eigenvalue weighted by molar-refractivity contribution is 7.13. The van der Waals surface area contributed by atoms with Gasteiger partial charge in [0.25, 0.3) is 0 Å². The van der Waals surface area contributed by atoms with Crippen molar-refractivity contribution >= 4 is 28.3 Å². The molecule has 2 heterocycles. The summed E-state index contributed by atoms with van der Waals surface area (Å²) < 4.78 is 0. The van der Waals surface area contributed by atoms with Crippen LogP contribution in [0.1, 0.15) is 17.7 Å². The molecule has 0 radical (unpaired) electrons. The van der Waals surface area contributed by atoms with Gasteiger partial charge in [0.2, 0.25) is 11.8 Å². The van der Waals surface area contributed by atoms with Crippen LogP contribution in [0.2, 0.25) is 0 Å². The third-order valence-electron chi connectivity index (χ3n) is 4.79. The molecular formula is C19H25N5O2S. The van der Waals surface area contributed by atoms with E-state index in [0.717, 1.165) is 11.3 Å². The molecule has 1 aromatic heterocycles. The van der Waals surface area contributed by atoms with Crippen molar-refractivity contribution in [1.82, 2.24) is 20.1 Å². The van der Waals surface area contributed by atoms with Gasteiger partial charge in [0.05, 0.1) is 5.69 Å². The Hall–Kier alpha value is -2.45. The molecule has 8 heteroatoms. The largest absolute Gasteiger partial charge is 0.375 e. The van der Waals surface area contributed by atoms with Crippen molar-refractivity contribution in [2.24, 2.45) is 0 Å². The van der Waals surface area contributed by atoms with Crippen LogP contribution in [0.15, 0.2) is 35.7 Å². The van der Waals surface area contributed by atoms with Gasteiger partial charge in [-0.25, -0.2) is 4.98 Å². The smallest absolute Gasteiger partial charge is 0.238 e. The highest BCUT2D eigenvalue weighted by Gasteiger charge is 2.33. The fourth-order valence-corrected chi connectivity index (χ4v) is 3.90. The Morgan fingerprint density at radius 1 is 1.30 bits per heavy atom. The Labute approximate surface area is 163 Å². The van der Waals surface area contributed by atoms with Crippen LogP contribution in [-0.2, 0) is 22.6 Å². The van der Waals surface area contributed by atoms with Crippen LogP contribution in [0, 0.1) is 0 Å². The van der Waals surface area contributed by atoms with Gasteiger partial charge >= 0.3 is 0 Å². The first-order chi connectivity index (χ1) is 13.1. The van der Waals surface area contributed by atoms with E-state index in [0.29, 0.717) is 44.2 Å².